The molecule has 1 atom stereocenters. The molecule has 0 bridgehead atoms. The standard InChI is InChI=1S/C16H21N3O3S/c1-13(2)19-12-16(10-17-19)23(20,21)18-9-8-15(11-18)22-14-6-4-3-5-7-14/h3-7,10,12-13,15H,8-9,11H2,1-2H3/t15-/m0/s1. The van der Waals surface area contributed by atoms with Gasteiger partial charge in [-0.25, -0.2) is 8.42 Å². The Bertz CT molecular complexity index is 756. The largest absolute Gasteiger partial charge is 0.489 e. The minimum Gasteiger partial charge on any atom is -0.489 e. The lowest BCUT2D eigenvalue weighted by Gasteiger charge is -2.16. The third-order valence-electron chi connectivity index (χ3n) is 3.90. The van der Waals surface area contributed by atoms with Gasteiger partial charge in [-0.15, -0.1) is 0 Å². The number of nitrogens with zero attached hydrogens (tertiary/aromatic N) is 3. The van der Waals surface area contributed by atoms with Crippen LogP contribution in [-0.2, 0) is 10.0 Å². The van der Waals surface area contributed by atoms with E-state index in [0.717, 1.165) is 5.75 Å². The van der Waals surface area contributed by atoms with Crippen molar-refractivity contribution in [3.8, 4) is 5.75 Å². The van der Waals surface area contributed by atoms with Gasteiger partial charge in [0.1, 0.15) is 16.7 Å². The van der Waals surface area contributed by atoms with Gasteiger partial charge in [0.15, 0.2) is 0 Å². The molecule has 0 aliphatic carbocycles. The lowest BCUT2D eigenvalue weighted by Crippen LogP contribution is -2.30. The second-order valence-electron chi connectivity index (χ2n) is 5.95. The molecule has 23 heavy (non-hydrogen) atoms. The van der Waals surface area contributed by atoms with Crippen molar-refractivity contribution in [3.63, 3.8) is 0 Å². The van der Waals surface area contributed by atoms with Gasteiger partial charge >= 0.3 is 0 Å². The fraction of sp³-hybridized carbons (Fsp3) is 0.438. The van der Waals surface area contributed by atoms with Gasteiger partial charge < -0.3 is 4.74 Å². The molecule has 0 N–H and O–H groups in total. The molecule has 1 saturated heterocycles. The predicted octanol–water partition coefficient (Wildman–Crippen LogP) is 2.31. The van der Waals surface area contributed by atoms with Gasteiger partial charge in [0, 0.05) is 18.8 Å². The van der Waals surface area contributed by atoms with Gasteiger partial charge in [0.2, 0.25) is 10.0 Å². The van der Waals surface area contributed by atoms with Gasteiger partial charge in [-0.2, -0.15) is 9.40 Å². The third kappa shape index (κ3) is 3.40. The summed E-state index contributed by atoms with van der Waals surface area (Å²) in [4.78, 5) is 0.242. The summed E-state index contributed by atoms with van der Waals surface area (Å²) in [5.74, 6) is 0.768. The molecule has 2 heterocycles. The molecule has 0 saturated carbocycles. The summed E-state index contributed by atoms with van der Waals surface area (Å²) in [5.41, 5.74) is 0. The summed E-state index contributed by atoms with van der Waals surface area (Å²) < 4.78 is 34.4. The number of benzene rings is 1. The van der Waals surface area contributed by atoms with Crippen molar-refractivity contribution >= 4 is 10.0 Å². The lowest BCUT2D eigenvalue weighted by molar-refractivity contribution is 0.215. The van der Waals surface area contributed by atoms with Crippen molar-refractivity contribution in [2.75, 3.05) is 13.1 Å². The zero-order valence-electron chi connectivity index (χ0n) is 13.3. The number of sulfonamides is 1. The first kappa shape index (κ1) is 16.0. The van der Waals surface area contributed by atoms with E-state index in [1.54, 1.807) is 10.9 Å². The molecule has 0 unspecified atom stereocenters. The number of ether oxygens (including phenoxy) is 1. The van der Waals surface area contributed by atoms with Crippen LogP contribution in [0.3, 0.4) is 0 Å². The van der Waals surface area contributed by atoms with Gasteiger partial charge in [-0.1, -0.05) is 18.2 Å². The topological polar surface area (TPSA) is 64.4 Å². The van der Waals surface area contributed by atoms with Crippen molar-refractivity contribution in [1.82, 2.24) is 14.1 Å². The highest BCUT2D eigenvalue weighted by molar-refractivity contribution is 7.89. The Morgan fingerprint density at radius 2 is 2.00 bits per heavy atom. The van der Waals surface area contributed by atoms with Gasteiger partial charge in [0.05, 0.1) is 12.7 Å². The Morgan fingerprint density at radius 1 is 1.26 bits per heavy atom. The van der Waals surface area contributed by atoms with Crippen molar-refractivity contribution in [2.45, 2.75) is 37.3 Å². The maximum absolute atomic E-state index is 12.7. The molecule has 0 spiro atoms. The van der Waals surface area contributed by atoms with E-state index in [0.29, 0.717) is 19.5 Å². The second-order valence-corrected chi connectivity index (χ2v) is 7.89. The van der Waals surface area contributed by atoms with Crippen LogP contribution in [0, 0.1) is 0 Å². The maximum atomic E-state index is 12.7. The fourth-order valence-electron chi connectivity index (χ4n) is 2.59. The second kappa shape index (κ2) is 6.33. The van der Waals surface area contributed by atoms with Crippen LogP contribution in [0.1, 0.15) is 26.3 Å². The molecule has 2 aromatic rings. The minimum atomic E-state index is -3.51. The predicted molar refractivity (Wildman–Crippen MR) is 86.8 cm³/mol. The Labute approximate surface area is 136 Å². The summed E-state index contributed by atoms with van der Waals surface area (Å²) >= 11 is 0. The monoisotopic (exact) mass is 335 g/mol. The van der Waals surface area contributed by atoms with E-state index in [1.165, 1.54) is 10.5 Å². The first-order valence-corrected chi connectivity index (χ1v) is 9.17. The van der Waals surface area contributed by atoms with Crippen LogP contribution in [0.25, 0.3) is 0 Å². The molecule has 0 radical (unpaired) electrons. The number of hydrogen-bond acceptors (Lipinski definition) is 4. The molecule has 1 aliphatic heterocycles. The number of hydrogen-bond donors (Lipinski definition) is 0. The van der Waals surface area contributed by atoms with E-state index in [4.69, 9.17) is 4.74 Å². The van der Waals surface area contributed by atoms with Crippen LogP contribution in [-0.4, -0.2) is 41.7 Å². The normalized spacial score (nSPS) is 19.3. The van der Waals surface area contributed by atoms with E-state index in [-0.39, 0.29) is 17.0 Å². The van der Waals surface area contributed by atoms with Gasteiger partial charge in [-0.05, 0) is 32.4 Å². The van der Waals surface area contributed by atoms with Crippen LogP contribution in [0.4, 0.5) is 0 Å². The highest BCUT2D eigenvalue weighted by Gasteiger charge is 2.34. The molecule has 3 rings (SSSR count). The Balaban J connectivity index is 1.69. The zero-order chi connectivity index (χ0) is 16.4. The smallest absolute Gasteiger partial charge is 0.246 e. The van der Waals surface area contributed by atoms with E-state index < -0.39 is 10.0 Å². The highest BCUT2D eigenvalue weighted by atomic mass is 32.2. The summed E-state index contributed by atoms with van der Waals surface area (Å²) in [7, 11) is -3.51. The fourth-order valence-corrected chi connectivity index (χ4v) is 4.02. The molecule has 1 fully saturated rings. The van der Waals surface area contributed by atoms with E-state index in [1.807, 2.05) is 44.2 Å². The molecule has 7 heteroatoms. The van der Waals surface area contributed by atoms with Gasteiger partial charge in [-0.3, -0.25) is 4.68 Å². The van der Waals surface area contributed by atoms with Crippen LogP contribution in [0.15, 0.2) is 47.6 Å². The Morgan fingerprint density at radius 3 is 2.65 bits per heavy atom. The molecular weight excluding hydrogens is 314 g/mol. The lowest BCUT2D eigenvalue weighted by atomic mass is 10.3. The number of para-hydroxylation sites is 1. The highest BCUT2D eigenvalue weighted by Crippen LogP contribution is 2.24. The van der Waals surface area contributed by atoms with Crippen LogP contribution >= 0.6 is 0 Å². The molecule has 6 nitrogen and oxygen atoms in total. The first-order chi connectivity index (χ1) is 11.0. The average Bonchev–Trinajstić information content (AvgIpc) is 3.18. The average molecular weight is 335 g/mol. The minimum absolute atomic E-state index is 0.118. The summed E-state index contributed by atoms with van der Waals surface area (Å²) in [6.45, 7) is 4.75. The molecular formula is C16H21N3O3S. The van der Waals surface area contributed by atoms with Crippen LogP contribution < -0.4 is 4.74 Å². The van der Waals surface area contributed by atoms with Crippen molar-refractivity contribution in [1.29, 1.82) is 0 Å². The molecule has 1 aliphatic rings. The van der Waals surface area contributed by atoms with Crippen LogP contribution in [0.5, 0.6) is 5.75 Å². The summed E-state index contributed by atoms with van der Waals surface area (Å²) in [5, 5.41) is 4.12. The number of aromatic nitrogens is 2. The molecule has 1 aromatic heterocycles. The quantitative estimate of drug-likeness (QED) is 0.841. The first-order valence-electron chi connectivity index (χ1n) is 7.73. The van der Waals surface area contributed by atoms with Crippen molar-refractivity contribution < 1.29 is 13.2 Å². The summed E-state index contributed by atoms with van der Waals surface area (Å²) in [6.07, 6.45) is 3.57. The van der Waals surface area contributed by atoms with E-state index in [2.05, 4.69) is 5.10 Å². The van der Waals surface area contributed by atoms with Gasteiger partial charge in [0.25, 0.3) is 0 Å². The third-order valence-corrected chi connectivity index (χ3v) is 5.72. The molecule has 124 valence electrons. The van der Waals surface area contributed by atoms with Crippen molar-refractivity contribution in [2.24, 2.45) is 0 Å². The summed E-state index contributed by atoms with van der Waals surface area (Å²) in [6, 6.07) is 9.61. The molecule has 1 aromatic carbocycles. The number of rotatable bonds is 5. The molecule has 0 amide bonds. The Kier molecular flexibility index (Phi) is 4.41. The van der Waals surface area contributed by atoms with E-state index >= 15 is 0 Å². The zero-order valence-corrected chi connectivity index (χ0v) is 14.1. The van der Waals surface area contributed by atoms with E-state index in [9.17, 15) is 8.42 Å². The maximum Gasteiger partial charge on any atom is 0.246 e. The SMILES string of the molecule is CC(C)n1cc(S(=O)(=O)N2CC[C@H](Oc3ccccc3)C2)cn1. The van der Waals surface area contributed by atoms with Crippen LogP contribution in [0.2, 0.25) is 0 Å². The van der Waals surface area contributed by atoms with Crippen molar-refractivity contribution in [3.05, 3.63) is 42.7 Å². The Hall–Kier alpha value is -1.86.